The van der Waals surface area contributed by atoms with E-state index in [0.717, 1.165) is 45.0 Å². The lowest BCUT2D eigenvalue weighted by Crippen LogP contribution is -2.38. The van der Waals surface area contributed by atoms with Crippen LogP contribution in [0.3, 0.4) is 0 Å². The van der Waals surface area contributed by atoms with Gasteiger partial charge < -0.3 is 9.64 Å². The molecular formula is C19H21BrN4OS. The molecule has 4 rings (SSSR count). The number of thiazole rings is 1. The van der Waals surface area contributed by atoms with Crippen molar-refractivity contribution in [2.24, 2.45) is 0 Å². The van der Waals surface area contributed by atoms with Gasteiger partial charge in [-0.15, -0.1) is 11.3 Å². The van der Waals surface area contributed by atoms with Crippen molar-refractivity contribution in [1.82, 2.24) is 15.0 Å². The first kappa shape index (κ1) is 17.8. The van der Waals surface area contributed by atoms with Gasteiger partial charge in [0, 0.05) is 34.2 Å². The van der Waals surface area contributed by atoms with Crippen LogP contribution in [-0.4, -0.2) is 34.6 Å². The van der Waals surface area contributed by atoms with Crippen LogP contribution in [0, 0.1) is 0 Å². The number of morpholine rings is 1. The van der Waals surface area contributed by atoms with E-state index in [4.69, 9.17) is 9.72 Å². The van der Waals surface area contributed by atoms with E-state index < -0.39 is 0 Å². The summed E-state index contributed by atoms with van der Waals surface area (Å²) in [6.07, 6.45) is 3.66. The average molecular weight is 433 g/mol. The molecule has 0 spiro atoms. The van der Waals surface area contributed by atoms with Crippen molar-refractivity contribution in [2.75, 3.05) is 24.6 Å². The Morgan fingerprint density at radius 2 is 2.15 bits per heavy atom. The first-order chi connectivity index (χ1) is 12.4. The summed E-state index contributed by atoms with van der Waals surface area (Å²) in [7, 11) is 0. The molecule has 7 heteroatoms. The second kappa shape index (κ2) is 6.87. The van der Waals surface area contributed by atoms with E-state index in [-0.39, 0.29) is 11.5 Å². The van der Waals surface area contributed by atoms with Crippen LogP contribution < -0.4 is 4.90 Å². The molecule has 1 saturated heterocycles. The molecule has 0 saturated carbocycles. The lowest BCUT2D eigenvalue weighted by Gasteiger charge is -2.34. The van der Waals surface area contributed by atoms with Crippen LogP contribution in [0.1, 0.15) is 37.6 Å². The summed E-state index contributed by atoms with van der Waals surface area (Å²) in [6, 6.07) is 4.04. The van der Waals surface area contributed by atoms with Crippen molar-refractivity contribution < 1.29 is 4.74 Å². The quantitative estimate of drug-likeness (QED) is 0.585. The predicted molar refractivity (Wildman–Crippen MR) is 109 cm³/mol. The summed E-state index contributed by atoms with van der Waals surface area (Å²) in [5, 5.41) is 3.20. The molecule has 1 fully saturated rings. The fourth-order valence-electron chi connectivity index (χ4n) is 3.04. The Hall–Kier alpha value is -1.57. The molecule has 0 radical (unpaired) electrons. The Labute approximate surface area is 165 Å². The average Bonchev–Trinajstić information content (AvgIpc) is 3.11. The Bertz CT molecular complexity index is 937. The predicted octanol–water partition coefficient (Wildman–Crippen LogP) is 4.72. The Morgan fingerprint density at radius 3 is 2.92 bits per heavy atom. The summed E-state index contributed by atoms with van der Waals surface area (Å²) in [4.78, 5) is 16.2. The van der Waals surface area contributed by atoms with Gasteiger partial charge in [0.1, 0.15) is 16.6 Å². The Kier molecular flexibility index (Phi) is 4.71. The maximum Gasteiger partial charge on any atom is 0.126 e. The summed E-state index contributed by atoms with van der Waals surface area (Å²) in [5.41, 5.74) is 4.10. The summed E-state index contributed by atoms with van der Waals surface area (Å²) >= 11 is 5.16. The van der Waals surface area contributed by atoms with Crippen LogP contribution >= 0.6 is 27.3 Å². The smallest absolute Gasteiger partial charge is 0.126 e. The highest BCUT2D eigenvalue weighted by Crippen LogP contribution is 2.33. The van der Waals surface area contributed by atoms with E-state index in [2.05, 4.69) is 56.9 Å². The minimum atomic E-state index is -0.0106. The van der Waals surface area contributed by atoms with Gasteiger partial charge in [-0.3, -0.25) is 9.97 Å². The van der Waals surface area contributed by atoms with Crippen molar-refractivity contribution >= 4 is 44.0 Å². The van der Waals surface area contributed by atoms with E-state index in [1.54, 1.807) is 11.3 Å². The number of hydrogen-bond acceptors (Lipinski definition) is 6. The minimum Gasteiger partial charge on any atom is -0.367 e. The van der Waals surface area contributed by atoms with Gasteiger partial charge in [-0.25, -0.2) is 4.98 Å². The van der Waals surface area contributed by atoms with E-state index in [1.165, 1.54) is 0 Å². The molecule has 0 N–H and O–H groups in total. The highest BCUT2D eigenvalue weighted by molar-refractivity contribution is 9.10. The standard InChI is InChI=1S/C19H21BrN4OS/c1-19(2,3)16-11-26-18(23-16)15-10-24(6-7-25-15)14-4-5-21-13-8-12(20)9-22-17(13)14/h4-5,8-9,11,15H,6-7,10H2,1-3H3. The maximum absolute atomic E-state index is 6.04. The molecule has 3 aromatic rings. The van der Waals surface area contributed by atoms with Gasteiger partial charge in [-0.1, -0.05) is 20.8 Å². The first-order valence-electron chi connectivity index (χ1n) is 8.64. The van der Waals surface area contributed by atoms with Crippen molar-refractivity contribution in [3.05, 3.63) is 45.1 Å². The number of pyridine rings is 2. The van der Waals surface area contributed by atoms with Crippen LogP contribution in [0.5, 0.6) is 0 Å². The molecule has 1 atom stereocenters. The molecule has 1 unspecified atom stereocenters. The van der Waals surface area contributed by atoms with Gasteiger partial charge >= 0.3 is 0 Å². The van der Waals surface area contributed by atoms with Crippen LogP contribution in [0.25, 0.3) is 11.0 Å². The van der Waals surface area contributed by atoms with Gasteiger partial charge in [0.25, 0.3) is 0 Å². The fourth-order valence-corrected chi connectivity index (χ4v) is 4.45. The number of anilines is 1. The minimum absolute atomic E-state index is 0.0106. The van der Waals surface area contributed by atoms with Crippen LogP contribution in [0.2, 0.25) is 0 Å². The van der Waals surface area contributed by atoms with Crippen molar-refractivity contribution in [1.29, 1.82) is 0 Å². The van der Waals surface area contributed by atoms with E-state index in [9.17, 15) is 0 Å². The molecule has 136 valence electrons. The third-order valence-corrected chi connectivity index (χ3v) is 5.87. The van der Waals surface area contributed by atoms with Gasteiger partial charge in [0.2, 0.25) is 0 Å². The lowest BCUT2D eigenvalue weighted by atomic mass is 9.93. The highest BCUT2D eigenvalue weighted by Gasteiger charge is 2.27. The normalized spacial score (nSPS) is 18.5. The third-order valence-electron chi connectivity index (χ3n) is 4.50. The number of rotatable bonds is 2. The Morgan fingerprint density at radius 1 is 1.31 bits per heavy atom. The molecule has 1 aliphatic heterocycles. The van der Waals surface area contributed by atoms with Gasteiger partial charge in [0.05, 0.1) is 30.0 Å². The zero-order valence-corrected chi connectivity index (χ0v) is 17.5. The molecule has 0 amide bonds. The maximum atomic E-state index is 6.04. The largest absolute Gasteiger partial charge is 0.367 e. The summed E-state index contributed by atoms with van der Waals surface area (Å²) in [6.45, 7) is 8.85. The molecule has 0 aromatic carbocycles. The van der Waals surface area contributed by atoms with Crippen molar-refractivity contribution in [3.63, 3.8) is 0 Å². The topological polar surface area (TPSA) is 51.1 Å². The number of nitrogens with zero attached hydrogens (tertiary/aromatic N) is 4. The second-order valence-electron chi connectivity index (χ2n) is 7.48. The Balaban J connectivity index is 1.62. The van der Waals surface area contributed by atoms with Gasteiger partial charge in [0.15, 0.2) is 0 Å². The zero-order valence-electron chi connectivity index (χ0n) is 15.1. The number of fused-ring (bicyclic) bond motifs is 1. The molecular weight excluding hydrogens is 412 g/mol. The van der Waals surface area contributed by atoms with E-state index in [1.807, 2.05) is 24.5 Å². The molecule has 0 aliphatic carbocycles. The fraction of sp³-hybridized carbons (Fsp3) is 0.421. The number of hydrogen-bond donors (Lipinski definition) is 0. The number of halogens is 1. The van der Waals surface area contributed by atoms with Crippen LogP contribution in [-0.2, 0) is 10.2 Å². The highest BCUT2D eigenvalue weighted by atomic mass is 79.9. The van der Waals surface area contributed by atoms with Crippen LogP contribution in [0.4, 0.5) is 5.69 Å². The molecule has 26 heavy (non-hydrogen) atoms. The number of ether oxygens (including phenoxy) is 1. The van der Waals surface area contributed by atoms with Crippen molar-refractivity contribution in [2.45, 2.75) is 32.3 Å². The number of aromatic nitrogens is 3. The molecule has 0 bridgehead atoms. The summed E-state index contributed by atoms with van der Waals surface area (Å²) in [5.74, 6) is 0. The van der Waals surface area contributed by atoms with E-state index >= 15 is 0 Å². The van der Waals surface area contributed by atoms with Gasteiger partial charge in [-0.2, -0.15) is 0 Å². The second-order valence-corrected chi connectivity index (χ2v) is 9.28. The monoisotopic (exact) mass is 432 g/mol. The SMILES string of the molecule is CC(C)(C)c1csc(C2CN(c3ccnc4cc(Br)cnc34)CCO2)n1. The molecule has 1 aliphatic rings. The molecule has 5 nitrogen and oxygen atoms in total. The zero-order chi connectivity index (χ0) is 18.3. The first-order valence-corrected chi connectivity index (χ1v) is 10.3. The lowest BCUT2D eigenvalue weighted by molar-refractivity contribution is 0.0395. The van der Waals surface area contributed by atoms with Gasteiger partial charge in [-0.05, 0) is 28.1 Å². The third kappa shape index (κ3) is 3.48. The van der Waals surface area contributed by atoms with Crippen LogP contribution in [0.15, 0.2) is 34.4 Å². The van der Waals surface area contributed by atoms with E-state index in [0.29, 0.717) is 6.61 Å². The molecule has 3 aromatic heterocycles. The molecule has 4 heterocycles. The summed E-state index contributed by atoms with van der Waals surface area (Å²) < 4.78 is 6.97. The van der Waals surface area contributed by atoms with Crippen molar-refractivity contribution in [3.8, 4) is 0 Å².